The highest BCUT2D eigenvalue weighted by molar-refractivity contribution is 6.36. The maximum atomic E-state index is 12.6. The summed E-state index contributed by atoms with van der Waals surface area (Å²) in [6, 6.07) is 8.60. The summed E-state index contributed by atoms with van der Waals surface area (Å²) in [5, 5.41) is 2.81. The van der Waals surface area contributed by atoms with E-state index in [1.54, 1.807) is 0 Å². The van der Waals surface area contributed by atoms with Crippen molar-refractivity contribution in [3.63, 3.8) is 0 Å². The molecule has 2 aromatic carbocycles. The Bertz CT molecular complexity index is 686. The third-order valence-electron chi connectivity index (χ3n) is 2.62. The molecule has 110 valence electrons. The van der Waals surface area contributed by atoms with Gasteiger partial charge in [0.05, 0.1) is 16.1 Å². The van der Waals surface area contributed by atoms with E-state index in [0.717, 1.165) is 12.1 Å². The molecule has 0 bridgehead atoms. The van der Waals surface area contributed by atoms with Crippen molar-refractivity contribution in [3.8, 4) is 0 Å². The maximum Gasteiger partial charge on any atom is 0.416 e. The van der Waals surface area contributed by atoms with Gasteiger partial charge in [-0.05, 0) is 36.4 Å². The third kappa shape index (κ3) is 3.89. The number of nitrogens with one attached hydrogen (secondary N) is 1. The molecule has 1 N–H and O–H groups in total. The normalized spacial score (nSPS) is 11.3. The molecular formula is C14H8Cl2F3NO. The number of hydrogen-bond donors (Lipinski definition) is 1. The lowest BCUT2D eigenvalue weighted by atomic mass is 10.1. The van der Waals surface area contributed by atoms with Crippen molar-refractivity contribution in [2.24, 2.45) is 0 Å². The van der Waals surface area contributed by atoms with Crippen LogP contribution in [0, 0.1) is 0 Å². The van der Waals surface area contributed by atoms with Crippen LogP contribution in [0.4, 0.5) is 18.9 Å². The second-order valence-electron chi connectivity index (χ2n) is 4.16. The first-order chi connectivity index (χ1) is 9.77. The largest absolute Gasteiger partial charge is 0.416 e. The zero-order valence-corrected chi connectivity index (χ0v) is 11.9. The summed E-state index contributed by atoms with van der Waals surface area (Å²) in [6.45, 7) is 0. The van der Waals surface area contributed by atoms with Crippen LogP contribution in [0.25, 0.3) is 0 Å². The summed E-state index contributed by atoms with van der Waals surface area (Å²) in [5.41, 5.74) is -0.745. The van der Waals surface area contributed by atoms with Crippen LogP contribution in [0.5, 0.6) is 0 Å². The second kappa shape index (κ2) is 5.95. The highest BCUT2D eigenvalue weighted by Gasteiger charge is 2.30. The Balaban J connectivity index is 2.26. The number of halogens is 5. The first kappa shape index (κ1) is 15.7. The Morgan fingerprint density at radius 3 is 2.43 bits per heavy atom. The van der Waals surface area contributed by atoms with Crippen LogP contribution < -0.4 is 5.32 Å². The van der Waals surface area contributed by atoms with Gasteiger partial charge in [-0.2, -0.15) is 13.2 Å². The van der Waals surface area contributed by atoms with Crippen molar-refractivity contribution in [2.75, 3.05) is 5.32 Å². The molecule has 0 heterocycles. The van der Waals surface area contributed by atoms with Crippen LogP contribution in [0.15, 0.2) is 42.5 Å². The number of carbonyl (C=O) groups is 1. The van der Waals surface area contributed by atoms with Gasteiger partial charge in [0.1, 0.15) is 0 Å². The minimum atomic E-state index is -4.48. The Labute approximate surface area is 128 Å². The molecule has 2 aromatic rings. The summed E-state index contributed by atoms with van der Waals surface area (Å²) in [4.78, 5) is 12.0. The molecule has 0 aliphatic rings. The quantitative estimate of drug-likeness (QED) is 0.797. The maximum absolute atomic E-state index is 12.6. The summed E-state index contributed by atoms with van der Waals surface area (Å²) in [7, 11) is 0. The first-order valence-corrected chi connectivity index (χ1v) is 6.46. The Kier molecular flexibility index (Phi) is 4.44. The van der Waals surface area contributed by atoms with E-state index in [-0.39, 0.29) is 16.3 Å². The van der Waals surface area contributed by atoms with Gasteiger partial charge < -0.3 is 5.32 Å². The van der Waals surface area contributed by atoms with Crippen molar-refractivity contribution in [3.05, 3.63) is 63.6 Å². The third-order valence-corrected chi connectivity index (χ3v) is 3.19. The lowest BCUT2D eigenvalue weighted by Gasteiger charge is -2.10. The summed E-state index contributed by atoms with van der Waals surface area (Å²) < 4.78 is 37.8. The number of benzene rings is 2. The second-order valence-corrected chi connectivity index (χ2v) is 5.00. The molecule has 0 atom stereocenters. The van der Waals surface area contributed by atoms with Crippen molar-refractivity contribution in [1.29, 1.82) is 0 Å². The molecule has 1 amide bonds. The van der Waals surface area contributed by atoms with Gasteiger partial charge in [-0.1, -0.05) is 29.3 Å². The van der Waals surface area contributed by atoms with Crippen molar-refractivity contribution >= 4 is 34.8 Å². The Morgan fingerprint density at radius 1 is 1.05 bits per heavy atom. The number of alkyl halides is 3. The van der Waals surface area contributed by atoms with Gasteiger partial charge in [0.25, 0.3) is 5.91 Å². The number of amides is 1. The van der Waals surface area contributed by atoms with Crippen molar-refractivity contribution in [2.45, 2.75) is 6.18 Å². The molecule has 21 heavy (non-hydrogen) atoms. The number of anilines is 1. The van der Waals surface area contributed by atoms with Crippen LogP contribution in [0.1, 0.15) is 15.9 Å². The Morgan fingerprint density at radius 2 is 1.76 bits per heavy atom. The van der Waals surface area contributed by atoms with E-state index in [2.05, 4.69) is 5.32 Å². The standard InChI is InChI=1S/C14H8Cl2F3NO/c15-9-4-5-12(16)11(7-9)13(21)20-10-3-1-2-8(6-10)14(17,18)19/h1-7H,(H,20,21). The zero-order valence-electron chi connectivity index (χ0n) is 10.3. The van der Waals surface area contributed by atoms with E-state index in [9.17, 15) is 18.0 Å². The lowest BCUT2D eigenvalue weighted by Crippen LogP contribution is -2.13. The monoisotopic (exact) mass is 333 g/mol. The van der Waals surface area contributed by atoms with Gasteiger partial charge in [-0.15, -0.1) is 0 Å². The molecule has 0 unspecified atom stereocenters. The number of carbonyl (C=O) groups excluding carboxylic acids is 1. The molecular weight excluding hydrogens is 326 g/mol. The van der Waals surface area contributed by atoms with Crippen LogP contribution >= 0.6 is 23.2 Å². The molecule has 0 radical (unpaired) electrons. The van der Waals surface area contributed by atoms with Gasteiger partial charge in [0.2, 0.25) is 0 Å². The smallest absolute Gasteiger partial charge is 0.322 e. The van der Waals surface area contributed by atoms with Gasteiger partial charge in [0.15, 0.2) is 0 Å². The molecule has 0 spiro atoms. The van der Waals surface area contributed by atoms with E-state index >= 15 is 0 Å². The minimum absolute atomic E-state index is 0.0193. The molecule has 0 fully saturated rings. The van der Waals surface area contributed by atoms with Gasteiger partial charge in [-0.3, -0.25) is 4.79 Å². The zero-order chi connectivity index (χ0) is 15.6. The average molecular weight is 334 g/mol. The van der Waals surface area contributed by atoms with Crippen molar-refractivity contribution in [1.82, 2.24) is 0 Å². The Hall–Kier alpha value is -1.72. The van der Waals surface area contributed by atoms with Crippen molar-refractivity contribution < 1.29 is 18.0 Å². The summed E-state index contributed by atoms with van der Waals surface area (Å²) in [5.74, 6) is -0.637. The average Bonchev–Trinajstić information content (AvgIpc) is 2.41. The van der Waals surface area contributed by atoms with Gasteiger partial charge >= 0.3 is 6.18 Å². The highest BCUT2D eigenvalue weighted by Crippen LogP contribution is 2.31. The lowest BCUT2D eigenvalue weighted by molar-refractivity contribution is -0.137. The summed E-state index contributed by atoms with van der Waals surface area (Å²) >= 11 is 11.6. The topological polar surface area (TPSA) is 29.1 Å². The fraction of sp³-hybridized carbons (Fsp3) is 0.0714. The molecule has 0 aliphatic heterocycles. The number of hydrogen-bond acceptors (Lipinski definition) is 1. The number of rotatable bonds is 2. The molecule has 2 rings (SSSR count). The van der Waals surface area contributed by atoms with Gasteiger partial charge in [-0.25, -0.2) is 0 Å². The van der Waals surface area contributed by atoms with Crippen LogP contribution in [-0.4, -0.2) is 5.91 Å². The van der Waals surface area contributed by atoms with E-state index in [0.29, 0.717) is 5.02 Å². The predicted octanol–water partition coefficient (Wildman–Crippen LogP) is 5.26. The highest BCUT2D eigenvalue weighted by atomic mass is 35.5. The molecule has 0 saturated heterocycles. The molecule has 2 nitrogen and oxygen atoms in total. The molecule has 0 saturated carbocycles. The van der Waals surface area contributed by atoms with E-state index in [1.165, 1.54) is 30.3 Å². The molecule has 0 aliphatic carbocycles. The van der Waals surface area contributed by atoms with Crippen LogP contribution in [0.2, 0.25) is 10.0 Å². The van der Waals surface area contributed by atoms with E-state index < -0.39 is 17.6 Å². The fourth-order valence-electron chi connectivity index (χ4n) is 1.64. The fourth-order valence-corrected chi connectivity index (χ4v) is 2.02. The minimum Gasteiger partial charge on any atom is -0.322 e. The van der Waals surface area contributed by atoms with E-state index in [1.807, 2.05) is 0 Å². The molecule has 0 aromatic heterocycles. The first-order valence-electron chi connectivity index (χ1n) is 5.71. The van der Waals surface area contributed by atoms with Crippen LogP contribution in [-0.2, 0) is 6.18 Å². The van der Waals surface area contributed by atoms with E-state index in [4.69, 9.17) is 23.2 Å². The van der Waals surface area contributed by atoms with Gasteiger partial charge in [0, 0.05) is 10.7 Å². The SMILES string of the molecule is O=C(Nc1cccc(C(F)(F)F)c1)c1cc(Cl)ccc1Cl. The predicted molar refractivity (Wildman–Crippen MR) is 75.9 cm³/mol. The van der Waals surface area contributed by atoms with Crippen LogP contribution in [0.3, 0.4) is 0 Å². The summed E-state index contributed by atoms with van der Waals surface area (Å²) in [6.07, 6.45) is -4.48. The molecule has 7 heteroatoms.